The molecule has 0 N–H and O–H groups in total. The Kier molecular flexibility index (Phi) is 8.20. The van der Waals surface area contributed by atoms with E-state index < -0.39 is 0 Å². The van der Waals surface area contributed by atoms with E-state index in [0.717, 1.165) is 29.7 Å². The van der Waals surface area contributed by atoms with Crippen molar-refractivity contribution < 1.29 is 9.47 Å². The van der Waals surface area contributed by atoms with E-state index in [1.807, 2.05) is 36.7 Å². The molecule has 7 rings (SSSR count). The van der Waals surface area contributed by atoms with Crippen molar-refractivity contribution >= 4 is 48.2 Å². The molecule has 41 heavy (non-hydrogen) atoms. The summed E-state index contributed by atoms with van der Waals surface area (Å²) in [6, 6.07) is 32.0. The highest BCUT2D eigenvalue weighted by Gasteiger charge is 2.24. The number of nitrogens with zero attached hydrogens (tertiary/aromatic N) is 1. The lowest BCUT2D eigenvalue weighted by Crippen LogP contribution is -2.11. The zero-order valence-corrected chi connectivity index (χ0v) is 25.2. The minimum absolute atomic E-state index is 0.604. The molecule has 0 unspecified atom stereocenters. The summed E-state index contributed by atoms with van der Waals surface area (Å²) in [7, 11) is 3.48. The standard InChI is InChI=1S/C28H27BrO2.C9H7N/c1-30-26-12-6-10-23-22-16-15-20-18(13-14-19-7-3-4-11-25(19)29)8-5-9-21(20)24(22)17-27(31-2)28(23)26;1-2-4-9-7-10-6-5-8(9)3-1/h3-4,6-7,10-12,15-18H,5,8-9,13-14H2,1-2H3;1-7H/t18-;/m0./s1. The second-order valence-corrected chi connectivity index (χ2v) is 11.5. The molecule has 1 aliphatic rings. The van der Waals surface area contributed by atoms with E-state index in [-0.39, 0.29) is 0 Å². The first-order valence-corrected chi connectivity index (χ1v) is 15.1. The molecule has 0 radical (unpaired) electrons. The third-order valence-electron chi connectivity index (χ3n) is 8.36. The zero-order chi connectivity index (χ0) is 28.2. The fraction of sp³-hybridized carbons (Fsp3) is 0.216. The predicted molar refractivity (Wildman–Crippen MR) is 174 cm³/mol. The topological polar surface area (TPSA) is 31.4 Å². The molecule has 206 valence electrons. The number of hydrogen-bond donors (Lipinski definition) is 0. The summed E-state index contributed by atoms with van der Waals surface area (Å²) in [6.07, 6.45) is 9.60. The summed E-state index contributed by atoms with van der Waals surface area (Å²) in [5.41, 5.74) is 4.43. The summed E-state index contributed by atoms with van der Waals surface area (Å²) >= 11 is 3.71. The predicted octanol–water partition coefficient (Wildman–Crippen LogP) is 10.1. The first-order valence-electron chi connectivity index (χ1n) is 14.3. The molecule has 1 atom stereocenters. The molecule has 0 aliphatic heterocycles. The maximum absolute atomic E-state index is 5.83. The van der Waals surface area contributed by atoms with Crippen molar-refractivity contribution in [3.05, 3.63) is 125 Å². The fourth-order valence-electron chi connectivity index (χ4n) is 6.33. The minimum Gasteiger partial charge on any atom is -0.496 e. The van der Waals surface area contributed by atoms with Crippen molar-refractivity contribution in [3.63, 3.8) is 0 Å². The number of fused-ring (bicyclic) bond motifs is 6. The Morgan fingerprint density at radius 3 is 2.39 bits per heavy atom. The van der Waals surface area contributed by atoms with Crippen molar-refractivity contribution in [1.29, 1.82) is 0 Å². The van der Waals surface area contributed by atoms with Crippen molar-refractivity contribution in [2.45, 2.75) is 38.0 Å². The van der Waals surface area contributed by atoms with Crippen LogP contribution < -0.4 is 9.47 Å². The maximum Gasteiger partial charge on any atom is 0.131 e. The van der Waals surface area contributed by atoms with Gasteiger partial charge in [-0.25, -0.2) is 0 Å². The third-order valence-corrected chi connectivity index (χ3v) is 9.13. The van der Waals surface area contributed by atoms with E-state index in [9.17, 15) is 0 Å². The van der Waals surface area contributed by atoms with Crippen LogP contribution >= 0.6 is 15.9 Å². The van der Waals surface area contributed by atoms with Crippen LogP contribution in [-0.2, 0) is 12.8 Å². The molecule has 1 aliphatic carbocycles. The minimum atomic E-state index is 0.604. The van der Waals surface area contributed by atoms with Crippen molar-refractivity contribution in [2.24, 2.45) is 0 Å². The number of benzene rings is 5. The molecule has 0 fully saturated rings. The number of rotatable bonds is 5. The molecule has 1 aromatic heterocycles. The van der Waals surface area contributed by atoms with Crippen molar-refractivity contribution in [2.75, 3.05) is 14.2 Å². The van der Waals surface area contributed by atoms with Crippen molar-refractivity contribution in [1.82, 2.24) is 4.98 Å². The Balaban J connectivity index is 0.000000253. The fourth-order valence-corrected chi connectivity index (χ4v) is 6.81. The van der Waals surface area contributed by atoms with Gasteiger partial charge in [-0.1, -0.05) is 82.7 Å². The number of aryl methyl sites for hydroxylation is 2. The number of halogens is 1. The van der Waals surface area contributed by atoms with Gasteiger partial charge >= 0.3 is 0 Å². The number of hydrogen-bond acceptors (Lipinski definition) is 3. The Morgan fingerprint density at radius 1 is 0.780 bits per heavy atom. The SMILES string of the molecule is COc1cccc2c1c(OC)cc1c3c(ccc12)[C@H](CCc1ccccc1Br)CCC3.c1ccc2cnccc2c1. The van der Waals surface area contributed by atoms with Gasteiger partial charge in [0.1, 0.15) is 11.5 Å². The first-order chi connectivity index (χ1) is 20.2. The van der Waals surface area contributed by atoms with Gasteiger partial charge in [0.15, 0.2) is 0 Å². The van der Waals surface area contributed by atoms with Gasteiger partial charge in [0.25, 0.3) is 0 Å². The quantitative estimate of drug-likeness (QED) is 0.184. The van der Waals surface area contributed by atoms with Crippen LogP contribution in [0.5, 0.6) is 11.5 Å². The lowest BCUT2D eigenvalue weighted by molar-refractivity contribution is 0.405. The molecule has 0 bridgehead atoms. The van der Waals surface area contributed by atoms with Crippen LogP contribution in [0.2, 0.25) is 0 Å². The van der Waals surface area contributed by atoms with Crippen LogP contribution in [0.25, 0.3) is 32.3 Å². The Morgan fingerprint density at radius 2 is 1.59 bits per heavy atom. The van der Waals surface area contributed by atoms with Gasteiger partial charge in [0.2, 0.25) is 0 Å². The number of pyridine rings is 1. The van der Waals surface area contributed by atoms with Crippen LogP contribution in [0, 0.1) is 0 Å². The highest BCUT2D eigenvalue weighted by atomic mass is 79.9. The normalized spacial score (nSPS) is 14.4. The lowest BCUT2D eigenvalue weighted by Gasteiger charge is -2.28. The maximum atomic E-state index is 5.83. The monoisotopic (exact) mass is 603 g/mol. The summed E-state index contributed by atoms with van der Waals surface area (Å²) in [4.78, 5) is 4.01. The summed E-state index contributed by atoms with van der Waals surface area (Å²) < 4.78 is 12.7. The zero-order valence-electron chi connectivity index (χ0n) is 23.6. The molecular formula is C37H34BrNO2. The van der Waals surface area contributed by atoms with Gasteiger partial charge in [-0.05, 0) is 106 Å². The van der Waals surface area contributed by atoms with Gasteiger partial charge in [-0.15, -0.1) is 0 Å². The van der Waals surface area contributed by atoms with Crippen molar-refractivity contribution in [3.8, 4) is 11.5 Å². The average Bonchev–Trinajstić information content (AvgIpc) is 3.03. The molecule has 4 heteroatoms. The molecule has 5 aromatic carbocycles. The van der Waals surface area contributed by atoms with Crippen LogP contribution in [0.4, 0.5) is 0 Å². The van der Waals surface area contributed by atoms with E-state index in [0.29, 0.717) is 5.92 Å². The Bertz CT molecular complexity index is 1760. The summed E-state index contributed by atoms with van der Waals surface area (Å²) in [5.74, 6) is 2.36. The number of methoxy groups -OCH3 is 2. The molecule has 6 aromatic rings. The van der Waals surface area contributed by atoms with Gasteiger partial charge in [-0.3, -0.25) is 4.98 Å². The first kappa shape index (κ1) is 27.3. The van der Waals surface area contributed by atoms with E-state index in [1.54, 1.807) is 14.2 Å². The molecule has 0 amide bonds. The molecular weight excluding hydrogens is 570 g/mol. The molecule has 3 nitrogen and oxygen atoms in total. The highest BCUT2D eigenvalue weighted by Crippen LogP contribution is 2.44. The summed E-state index contributed by atoms with van der Waals surface area (Å²) in [5, 5.41) is 7.33. The van der Waals surface area contributed by atoms with Gasteiger partial charge in [-0.2, -0.15) is 0 Å². The third kappa shape index (κ3) is 5.54. The van der Waals surface area contributed by atoms with E-state index in [4.69, 9.17) is 9.47 Å². The largest absolute Gasteiger partial charge is 0.496 e. The summed E-state index contributed by atoms with van der Waals surface area (Å²) in [6.45, 7) is 0. The molecule has 0 spiro atoms. The van der Waals surface area contributed by atoms with E-state index in [1.165, 1.54) is 67.4 Å². The number of aromatic nitrogens is 1. The van der Waals surface area contributed by atoms with Crippen LogP contribution in [0.1, 0.15) is 41.9 Å². The van der Waals surface area contributed by atoms with Gasteiger partial charge in [0.05, 0.1) is 19.6 Å². The van der Waals surface area contributed by atoms with Crippen LogP contribution in [-0.4, -0.2) is 19.2 Å². The molecule has 0 saturated heterocycles. The van der Waals surface area contributed by atoms with Gasteiger partial charge < -0.3 is 9.47 Å². The smallest absolute Gasteiger partial charge is 0.131 e. The number of ether oxygens (including phenoxy) is 2. The highest BCUT2D eigenvalue weighted by molar-refractivity contribution is 9.10. The molecule has 0 saturated carbocycles. The Hall–Kier alpha value is -3.89. The Labute approximate surface area is 250 Å². The lowest BCUT2D eigenvalue weighted by atomic mass is 9.77. The van der Waals surface area contributed by atoms with Crippen LogP contribution in [0.15, 0.2) is 108 Å². The molecule has 1 heterocycles. The second kappa shape index (κ2) is 12.3. The average molecular weight is 605 g/mol. The van der Waals surface area contributed by atoms with E-state index >= 15 is 0 Å². The van der Waals surface area contributed by atoms with E-state index in [2.05, 4.69) is 87.6 Å². The van der Waals surface area contributed by atoms with Gasteiger partial charge in [0, 0.05) is 16.9 Å². The van der Waals surface area contributed by atoms with Crippen LogP contribution in [0.3, 0.4) is 0 Å². The second-order valence-electron chi connectivity index (χ2n) is 10.6.